The molecule has 1 saturated heterocycles. The summed E-state index contributed by atoms with van der Waals surface area (Å²) in [7, 11) is 0. The van der Waals surface area contributed by atoms with Gasteiger partial charge in [0, 0.05) is 43.3 Å². The van der Waals surface area contributed by atoms with Crippen LogP contribution in [-0.2, 0) is 0 Å². The van der Waals surface area contributed by atoms with E-state index in [0.717, 1.165) is 33.9 Å². The van der Waals surface area contributed by atoms with E-state index >= 15 is 0 Å². The van der Waals surface area contributed by atoms with Gasteiger partial charge in [-0.05, 0) is 39.0 Å². The Labute approximate surface area is 186 Å². The van der Waals surface area contributed by atoms with Crippen molar-refractivity contribution >= 4 is 22.6 Å². The van der Waals surface area contributed by atoms with Crippen LogP contribution in [0.5, 0.6) is 0 Å². The van der Waals surface area contributed by atoms with Crippen molar-refractivity contribution in [3.05, 3.63) is 71.4 Å². The molecule has 1 aliphatic heterocycles. The molecule has 0 saturated carbocycles. The highest BCUT2D eigenvalue weighted by Crippen LogP contribution is 2.20. The number of piperazine rings is 1. The van der Waals surface area contributed by atoms with E-state index in [1.165, 1.54) is 0 Å². The lowest BCUT2D eigenvalue weighted by atomic mass is 10.2. The van der Waals surface area contributed by atoms with Crippen molar-refractivity contribution in [3.8, 4) is 5.82 Å². The predicted molar refractivity (Wildman–Crippen MR) is 123 cm³/mol. The topological polar surface area (TPSA) is 80.0 Å². The molecule has 0 radical (unpaired) electrons. The Hall–Kier alpha value is -3.81. The van der Waals surface area contributed by atoms with Gasteiger partial charge >= 0.3 is 0 Å². The third kappa shape index (κ3) is 3.79. The van der Waals surface area contributed by atoms with Crippen molar-refractivity contribution in [3.63, 3.8) is 0 Å². The number of para-hydroxylation sites is 1. The molecule has 0 bridgehead atoms. The summed E-state index contributed by atoms with van der Waals surface area (Å²) >= 11 is 0. The van der Waals surface area contributed by atoms with Crippen molar-refractivity contribution in [1.82, 2.24) is 29.6 Å². The Bertz CT molecular complexity index is 1300. The fourth-order valence-corrected chi connectivity index (χ4v) is 4.15. The molecule has 0 N–H and O–H groups in total. The lowest BCUT2D eigenvalue weighted by Gasteiger charge is -2.35. The second kappa shape index (κ2) is 8.03. The smallest absolute Gasteiger partial charge is 0.272 e. The summed E-state index contributed by atoms with van der Waals surface area (Å²) < 4.78 is 1.85. The lowest BCUT2D eigenvalue weighted by molar-refractivity contribution is 0.0741. The summed E-state index contributed by atoms with van der Waals surface area (Å²) in [4.78, 5) is 30.9. The monoisotopic (exact) mass is 427 g/mol. The number of rotatable bonds is 3. The molecule has 32 heavy (non-hydrogen) atoms. The molecule has 8 nitrogen and oxygen atoms in total. The maximum atomic E-state index is 13.0. The molecule has 4 heterocycles. The number of anilines is 1. The minimum absolute atomic E-state index is 0.0300. The molecule has 3 aromatic heterocycles. The Balaban J connectivity index is 1.32. The zero-order valence-corrected chi connectivity index (χ0v) is 18.5. The molecule has 162 valence electrons. The first kappa shape index (κ1) is 20.1. The second-order valence-corrected chi connectivity index (χ2v) is 8.14. The van der Waals surface area contributed by atoms with E-state index in [0.29, 0.717) is 37.7 Å². The third-order valence-corrected chi connectivity index (χ3v) is 5.75. The van der Waals surface area contributed by atoms with Gasteiger partial charge in [0.05, 0.1) is 11.2 Å². The van der Waals surface area contributed by atoms with Crippen LogP contribution in [0.3, 0.4) is 0 Å². The Morgan fingerprint density at radius 2 is 1.59 bits per heavy atom. The molecule has 0 aliphatic carbocycles. The van der Waals surface area contributed by atoms with E-state index in [2.05, 4.69) is 25.0 Å². The minimum Gasteiger partial charge on any atom is -0.353 e. The zero-order chi connectivity index (χ0) is 22.2. The normalized spacial score (nSPS) is 14.2. The summed E-state index contributed by atoms with van der Waals surface area (Å²) in [5.41, 5.74) is 3.31. The second-order valence-electron chi connectivity index (χ2n) is 8.14. The SMILES string of the molecule is Cc1cc(C)n(-c2cc(N3CCN(C(=O)c4ccc5ccccc5n4)CC3)nc(C)n2)n1. The maximum Gasteiger partial charge on any atom is 0.272 e. The van der Waals surface area contributed by atoms with Crippen molar-refractivity contribution in [1.29, 1.82) is 0 Å². The van der Waals surface area contributed by atoms with Crippen LogP contribution in [0.1, 0.15) is 27.7 Å². The molecule has 0 unspecified atom stereocenters. The van der Waals surface area contributed by atoms with Gasteiger partial charge in [-0.3, -0.25) is 4.79 Å². The molecule has 1 aromatic carbocycles. The van der Waals surface area contributed by atoms with E-state index < -0.39 is 0 Å². The Morgan fingerprint density at radius 1 is 0.844 bits per heavy atom. The fourth-order valence-electron chi connectivity index (χ4n) is 4.15. The van der Waals surface area contributed by atoms with Gasteiger partial charge in [0.25, 0.3) is 5.91 Å². The van der Waals surface area contributed by atoms with Crippen LogP contribution < -0.4 is 4.90 Å². The summed E-state index contributed by atoms with van der Waals surface area (Å²) in [5.74, 6) is 2.29. The van der Waals surface area contributed by atoms with Crippen LogP contribution in [0.15, 0.2) is 48.5 Å². The molecule has 1 aliphatic rings. The average Bonchev–Trinajstić information content (AvgIpc) is 3.16. The standard InChI is InChI=1S/C24H25N7O/c1-16-14-17(2)31(28-16)23-15-22(25-18(3)26-23)29-10-12-30(13-11-29)24(32)21-9-8-19-6-4-5-7-20(19)27-21/h4-9,14-15H,10-13H2,1-3H3. The molecule has 1 amide bonds. The quantitative estimate of drug-likeness (QED) is 0.500. The number of nitrogens with zero attached hydrogens (tertiary/aromatic N) is 7. The molecular weight excluding hydrogens is 402 g/mol. The number of amides is 1. The molecular formula is C24H25N7O. The van der Waals surface area contributed by atoms with E-state index in [1.807, 2.05) is 78.9 Å². The molecule has 0 atom stereocenters. The average molecular weight is 428 g/mol. The first-order valence-electron chi connectivity index (χ1n) is 10.8. The van der Waals surface area contributed by atoms with Crippen LogP contribution in [-0.4, -0.2) is 61.7 Å². The highest BCUT2D eigenvalue weighted by Gasteiger charge is 2.24. The molecule has 1 fully saturated rings. The van der Waals surface area contributed by atoms with Crippen LogP contribution in [0.25, 0.3) is 16.7 Å². The highest BCUT2D eigenvalue weighted by atomic mass is 16.2. The number of hydrogen-bond donors (Lipinski definition) is 0. The molecule has 4 aromatic rings. The van der Waals surface area contributed by atoms with Gasteiger partial charge in [0.1, 0.15) is 17.3 Å². The first-order chi connectivity index (χ1) is 15.5. The Morgan fingerprint density at radius 3 is 2.34 bits per heavy atom. The minimum atomic E-state index is -0.0300. The summed E-state index contributed by atoms with van der Waals surface area (Å²) in [6.45, 7) is 8.52. The molecule has 0 spiro atoms. The number of hydrogen-bond acceptors (Lipinski definition) is 6. The zero-order valence-electron chi connectivity index (χ0n) is 18.5. The van der Waals surface area contributed by atoms with Gasteiger partial charge < -0.3 is 9.80 Å². The van der Waals surface area contributed by atoms with Crippen molar-refractivity contribution < 1.29 is 4.79 Å². The van der Waals surface area contributed by atoms with Gasteiger partial charge in [-0.1, -0.05) is 24.3 Å². The number of carbonyl (C=O) groups is 1. The van der Waals surface area contributed by atoms with E-state index in [4.69, 9.17) is 0 Å². The largest absolute Gasteiger partial charge is 0.353 e. The van der Waals surface area contributed by atoms with E-state index in [-0.39, 0.29) is 5.91 Å². The first-order valence-corrected chi connectivity index (χ1v) is 10.8. The fraction of sp³-hybridized carbons (Fsp3) is 0.292. The van der Waals surface area contributed by atoms with Crippen LogP contribution in [0, 0.1) is 20.8 Å². The molecule has 8 heteroatoms. The highest BCUT2D eigenvalue weighted by molar-refractivity contribution is 5.95. The van der Waals surface area contributed by atoms with Crippen LogP contribution in [0.4, 0.5) is 5.82 Å². The van der Waals surface area contributed by atoms with E-state index in [9.17, 15) is 4.79 Å². The number of fused-ring (bicyclic) bond motifs is 1. The van der Waals surface area contributed by atoms with Crippen LogP contribution in [0.2, 0.25) is 0 Å². The lowest BCUT2D eigenvalue weighted by Crippen LogP contribution is -2.49. The van der Waals surface area contributed by atoms with E-state index in [1.54, 1.807) is 0 Å². The number of aromatic nitrogens is 5. The number of pyridine rings is 1. The summed E-state index contributed by atoms with van der Waals surface area (Å²) in [6.07, 6.45) is 0. The Kier molecular flexibility index (Phi) is 5.05. The third-order valence-electron chi connectivity index (χ3n) is 5.75. The van der Waals surface area contributed by atoms with Gasteiger partial charge in [-0.15, -0.1) is 0 Å². The van der Waals surface area contributed by atoms with Crippen molar-refractivity contribution in [2.45, 2.75) is 20.8 Å². The van der Waals surface area contributed by atoms with Gasteiger partial charge in [0.15, 0.2) is 5.82 Å². The summed E-state index contributed by atoms with van der Waals surface area (Å²) in [6, 6.07) is 15.6. The van der Waals surface area contributed by atoms with Gasteiger partial charge in [0.2, 0.25) is 0 Å². The van der Waals surface area contributed by atoms with Crippen molar-refractivity contribution in [2.24, 2.45) is 0 Å². The van der Waals surface area contributed by atoms with Crippen molar-refractivity contribution in [2.75, 3.05) is 31.1 Å². The predicted octanol–water partition coefficient (Wildman–Crippen LogP) is 3.10. The number of carbonyl (C=O) groups excluding carboxylic acids is 1. The number of benzene rings is 1. The maximum absolute atomic E-state index is 13.0. The van der Waals surface area contributed by atoms with Crippen LogP contribution >= 0.6 is 0 Å². The van der Waals surface area contributed by atoms with Gasteiger partial charge in [-0.2, -0.15) is 5.10 Å². The molecule has 5 rings (SSSR count). The van der Waals surface area contributed by atoms with Gasteiger partial charge in [-0.25, -0.2) is 19.6 Å². The summed E-state index contributed by atoms with van der Waals surface area (Å²) in [5, 5.41) is 5.58. The number of aryl methyl sites for hydroxylation is 3.